The minimum Gasteiger partial charge on any atom is -0.481 e. The molecule has 2 aromatic rings. The van der Waals surface area contributed by atoms with Crippen LogP contribution >= 0.6 is 0 Å². The van der Waals surface area contributed by atoms with Crippen molar-refractivity contribution in [2.45, 2.75) is 39.8 Å². The lowest BCUT2D eigenvalue weighted by molar-refractivity contribution is -0.127. The van der Waals surface area contributed by atoms with E-state index in [-0.39, 0.29) is 11.9 Å². The fourth-order valence-electron chi connectivity index (χ4n) is 2.25. The van der Waals surface area contributed by atoms with Gasteiger partial charge in [-0.15, -0.1) is 0 Å². The highest BCUT2D eigenvalue weighted by Crippen LogP contribution is 2.22. The van der Waals surface area contributed by atoms with E-state index in [2.05, 4.69) is 5.32 Å². The fourth-order valence-corrected chi connectivity index (χ4v) is 2.25. The Bertz CT molecular complexity index is 637. The standard InChI is InChI=1S/C19H23NO2/c1-13-9-8-12-18(14(13)2)22-16(4)19(21)20-15(3)17-10-6-5-7-11-17/h5-12,15-16H,1-4H3,(H,20,21)/t15-,16+/m0/s1. The summed E-state index contributed by atoms with van der Waals surface area (Å²) in [6.45, 7) is 7.78. The maximum atomic E-state index is 12.3. The van der Waals surface area contributed by atoms with Crippen LogP contribution in [0.15, 0.2) is 48.5 Å². The number of rotatable bonds is 5. The van der Waals surface area contributed by atoms with Crippen molar-refractivity contribution in [1.82, 2.24) is 5.32 Å². The number of aryl methyl sites for hydroxylation is 1. The third kappa shape index (κ3) is 3.88. The van der Waals surface area contributed by atoms with Gasteiger partial charge in [-0.25, -0.2) is 0 Å². The van der Waals surface area contributed by atoms with Crippen LogP contribution in [-0.4, -0.2) is 12.0 Å². The molecule has 0 aliphatic rings. The minimum atomic E-state index is -0.535. The van der Waals surface area contributed by atoms with E-state index in [0.29, 0.717) is 0 Å². The van der Waals surface area contributed by atoms with E-state index in [1.54, 1.807) is 6.92 Å². The second-order valence-electron chi connectivity index (χ2n) is 5.60. The lowest BCUT2D eigenvalue weighted by Gasteiger charge is -2.20. The number of carbonyl (C=O) groups is 1. The van der Waals surface area contributed by atoms with Gasteiger partial charge in [-0.05, 0) is 50.5 Å². The molecule has 3 heteroatoms. The molecular weight excluding hydrogens is 274 g/mol. The zero-order chi connectivity index (χ0) is 16.1. The topological polar surface area (TPSA) is 38.3 Å². The summed E-state index contributed by atoms with van der Waals surface area (Å²) < 4.78 is 5.81. The molecule has 0 aromatic heterocycles. The van der Waals surface area contributed by atoms with Gasteiger partial charge in [0.1, 0.15) is 5.75 Å². The molecule has 0 spiro atoms. The van der Waals surface area contributed by atoms with Gasteiger partial charge in [-0.1, -0.05) is 42.5 Å². The van der Waals surface area contributed by atoms with E-state index in [1.165, 1.54) is 0 Å². The maximum Gasteiger partial charge on any atom is 0.261 e. The van der Waals surface area contributed by atoms with E-state index in [1.807, 2.05) is 69.3 Å². The van der Waals surface area contributed by atoms with Crippen molar-refractivity contribution in [3.8, 4) is 5.75 Å². The van der Waals surface area contributed by atoms with Crippen LogP contribution < -0.4 is 10.1 Å². The summed E-state index contributed by atoms with van der Waals surface area (Å²) in [6, 6.07) is 15.7. The molecule has 0 heterocycles. The lowest BCUT2D eigenvalue weighted by atomic mass is 10.1. The Labute approximate surface area is 132 Å². The first-order valence-electron chi connectivity index (χ1n) is 7.57. The van der Waals surface area contributed by atoms with Crippen LogP contribution in [0, 0.1) is 13.8 Å². The van der Waals surface area contributed by atoms with E-state index >= 15 is 0 Å². The van der Waals surface area contributed by atoms with Crippen LogP contribution in [0.1, 0.15) is 36.6 Å². The zero-order valence-corrected chi connectivity index (χ0v) is 13.6. The van der Waals surface area contributed by atoms with Crippen molar-refractivity contribution in [1.29, 1.82) is 0 Å². The summed E-state index contributed by atoms with van der Waals surface area (Å²) >= 11 is 0. The molecular formula is C19H23NO2. The lowest BCUT2D eigenvalue weighted by Crippen LogP contribution is -2.37. The summed E-state index contributed by atoms with van der Waals surface area (Å²) in [5, 5.41) is 2.99. The Balaban J connectivity index is 1.99. The highest BCUT2D eigenvalue weighted by atomic mass is 16.5. The van der Waals surface area contributed by atoms with Gasteiger partial charge >= 0.3 is 0 Å². The first-order chi connectivity index (χ1) is 10.5. The van der Waals surface area contributed by atoms with E-state index < -0.39 is 6.10 Å². The van der Waals surface area contributed by atoms with E-state index in [0.717, 1.165) is 22.4 Å². The molecule has 1 amide bonds. The first kappa shape index (κ1) is 16.1. The van der Waals surface area contributed by atoms with Crippen LogP contribution in [0.2, 0.25) is 0 Å². The number of nitrogens with one attached hydrogen (secondary N) is 1. The normalized spacial score (nSPS) is 13.3. The third-order valence-corrected chi connectivity index (χ3v) is 3.89. The second kappa shape index (κ2) is 7.12. The molecule has 2 aromatic carbocycles. The minimum absolute atomic E-state index is 0.0432. The summed E-state index contributed by atoms with van der Waals surface area (Å²) in [7, 11) is 0. The quantitative estimate of drug-likeness (QED) is 0.907. The Hall–Kier alpha value is -2.29. The van der Waals surface area contributed by atoms with Gasteiger partial charge in [0.15, 0.2) is 6.10 Å². The van der Waals surface area contributed by atoms with Crippen molar-refractivity contribution < 1.29 is 9.53 Å². The van der Waals surface area contributed by atoms with Crippen molar-refractivity contribution in [2.24, 2.45) is 0 Å². The summed E-state index contributed by atoms with van der Waals surface area (Å²) in [5.74, 6) is 0.646. The molecule has 3 nitrogen and oxygen atoms in total. The fraction of sp³-hybridized carbons (Fsp3) is 0.316. The van der Waals surface area contributed by atoms with E-state index in [4.69, 9.17) is 4.74 Å². The smallest absolute Gasteiger partial charge is 0.261 e. The highest BCUT2D eigenvalue weighted by Gasteiger charge is 2.18. The molecule has 1 N–H and O–H groups in total. The monoisotopic (exact) mass is 297 g/mol. The van der Waals surface area contributed by atoms with Crippen LogP contribution in [0.5, 0.6) is 5.75 Å². The molecule has 2 rings (SSSR count). The highest BCUT2D eigenvalue weighted by molar-refractivity contribution is 5.81. The largest absolute Gasteiger partial charge is 0.481 e. The first-order valence-corrected chi connectivity index (χ1v) is 7.57. The van der Waals surface area contributed by atoms with Gasteiger partial charge < -0.3 is 10.1 Å². The van der Waals surface area contributed by atoms with Gasteiger partial charge in [-0.3, -0.25) is 4.79 Å². The average Bonchev–Trinajstić information content (AvgIpc) is 2.52. The van der Waals surface area contributed by atoms with Gasteiger partial charge in [-0.2, -0.15) is 0 Å². The van der Waals surface area contributed by atoms with Crippen molar-refractivity contribution in [3.05, 3.63) is 65.2 Å². The van der Waals surface area contributed by atoms with Gasteiger partial charge in [0.05, 0.1) is 6.04 Å². The van der Waals surface area contributed by atoms with E-state index in [9.17, 15) is 4.79 Å². The molecule has 0 saturated heterocycles. The Morgan fingerprint density at radius 3 is 2.36 bits per heavy atom. The summed E-state index contributed by atoms with van der Waals surface area (Å²) in [6.07, 6.45) is -0.535. The van der Waals surface area contributed by atoms with Crippen LogP contribution in [0.4, 0.5) is 0 Å². The van der Waals surface area contributed by atoms with Crippen molar-refractivity contribution >= 4 is 5.91 Å². The molecule has 0 aliphatic carbocycles. The number of benzene rings is 2. The van der Waals surface area contributed by atoms with Gasteiger partial charge in [0.25, 0.3) is 5.91 Å². The number of hydrogen-bond acceptors (Lipinski definition) is 2. The van der Waals surface area contributed by atoms with Gasteiger partial charge in [0, 0.05) is 0 Å². The Morgan fingerprint density at radius 2 is 1.68 bits per heavy atom. The number of amides is 1. The zero-order valence-electron chi connectivity index (χ0n) is 13.6. The Kier molecular flexibility index (Phi) is 5.21. The summed E-state index contributed by atoms with van der Waals surface area (Å²) in [4.78, 5) is 12.3. The van der Waals surface area contributed by atoms with Crippen LogP contribution in [0.25, 0.3) is 0 Å². The van der Waals surface area contributed by atoms with Crippen molar-refractivity contribution in [2.75, 3.05) is 0 Å². The molecule has 0 unspecified atom stereocenters. The molecule has 0 radical (unpaired) electrons. The summed E-state index contributed by atoms with van der Waals surface area (Å²) in [5.41, 5.74) is 3.30. The molecule has 0 aliphatic heterocycles. The predicted octanol–water partition coefficient (Wildman–Crippen LogP) is 3.95. The molecule has 116 valence electrons. The SMILES string of the molecule is Cc1cccc(O[C@H](C)C(=O)N[C@@H](C)c2ccccc2)c1C. The number of carbonyl (C=O) groups excluding carboxylic acids is 1. The maximum absolute atomic E-state index is 12.3. The van der Waals surface area contributed by atoms with Crippen LogP contribution in [-0.2, 0) is 4.79 Å². The second-order valence-corrected chi connectivity index (χ2v) is 5.60. The molecule has 2 atom stereocenters. The average molecular weight is 297 g/mol. The predicted molar refractivity (Wildman–Crippen MR) is 89.0 cm³/mol. The third-order valence-electron chi connectivity index (χ3n) is 3.89. The molecule has 0 fully saturated rings. The number of ether oxygens (including phenoxy) is 1. The Morgan fingerprint density at radius 1 is 1.00 bits per heavy atom. The molecule has 22 heavy (non-hydrogen) atoms. The van der Waals surface area contributed by atoms with Gasteiger partial charge in [0.2, 0.25) is 0 Å². The van der Waals surface area contributed by atoms with Crippen molar-refractivity contribution in [3.63, 3.8) is 0 Å². The van der Waals surface area contributed by atoms with Crippen LogP contribution in [0.3, 0.4) is 0 Å². The molecule has 0 saturated carbocycles. The molecule has 0 bridgehead atoms. The number of hydrogen-bond donors (Lipinski definition) is 1.